The Kier molecular flexibility index (Phi) is 3.89. The number of hydrogen-bond donors (Lipinski definition) is 1. The van der Waals surface area contributed by atoms with Crippen molar-refractivity contribution in [2.24, 2.45) is 5.41 Å². The number of allylic oxidation sites excluding steroid dienone is 2. The van der Waals surface area contributed by atoms with E-state index in [1.165, 1.54) is 0 Å². The SMILES string of the molecule is C=c1cccc/c1=C(/C=C\C)C(C)(C)C(=O)O. The fraction of sp³-hybridized carbons (Fsp3) is 0.267. The van der Waals surface area contributed by atoms with E-state index in [-0.39, 0.29) is 0 Å². The van der Waals surface area contributed by atoms with Crippen molar-refractivity contribution in [1.82, 2.24) is 0 Å². The molecule has 0 fully saturated rings. The molecule has 0 aromatic heterocycles. The first-order valence-electron chi connectivity index (χ1n) is 5.56. The van der Waals surface area contributed by atoms with Gasteiger partial charge in [0, 0.05) is 0 Å². The topological polar surface area (TPSA) is 37.3 Å². The van der Waals surface area contributed by atoms with E-state index in [1.807, 2.05) is 43.3 Å². The van der Waals surface area contributed by atoms with Gasteiger partial charge in [-0.2, -0.15) is 0 Å². The first-order chi connectivity index (χ1) is 7.91. The van der Waals surface area contributed by atoms with E-state index in [0.717, 1.165) is 16.0 Å². The third kappa shape index (κ3) is 2.64. The van der Waals surface area contributed by atoms with Gasteiger partial charge in [0.05, 0.1) is 5.41 Å². The van der Waals surface area contributed by atoms with Crippen LogP contribution in [-0.2, 0) is 4.79 Å². The minimum Gasteiger partial charge on any atom is -0.481 e. The smallest absolute Gasteiger partial charge is 0.313 e. The van der Waals surface area contributed by atoms with Crippen LogP contribution in [0, 0.1) is 5.41 Å². The maximum absolute atomic E-state index is 11.3. The van der Waals surface area contributed by atoms with Crippen molar-refractivity contribution < 1.29 is 9.90 Å². The molecule has 0 saturated carbocycles. The van der Waals surface area contributed by atoms with E-state index in [0.29, 0.717) is 0 Å². The van der Waals surface area contributed by atoms with Crippen LogP contribution in [0.4, 0.5) is 0 Å². The zero-order valence-corrected chi connectivity index (χ0v) is 10.5. The predicted octanol–water partition coefficient (Wildman–Crippen LogP) is 1.93. The number of carboxylic acids is 1. The molecular weight excluding hydrogens is 212 g/mol. The quantitative estimate of drug-likeness (QED) is 0.861. The van der Waals surface area contributed by atoms with Gasteiger partial charge in [-0.15, -0.1) is 0 Å². The van der Waals surface area contributed by atoms with E-state index >= 15 is 0 Å². The standard InChI is InChI=1S/C15H18O2/c1-5-8-13(15(3,4)14(16)17)12-10-7-6-9-11(12)2/h5-10H,2H2,1,3-4H3,(H,16,17)/b8-5-,13-12+. The average molecular weight is 230 g/mol. The molecular formula is C15H18O2. The second-order valence-corrected chi connectivity index (χ2v) is 4.50. The Morgan fingerprint density at radius 1 is 1.35 bits per heavy atom. The summed E-state index contributed by atoms with van der Waals surface area (Å²) in [4.78, 5) is 11.3. The molecule has 0 atom stereocenters. The van der Waals surface area contributed by atoms with Gasteiger partial charge in [0.2, 0.25) is 0 Å². The van der Waals surface area contributed by atoms with E-state index in [1.54, 1.807) is 13.8 Å². The highest BCUT2D eigenvalue weighted by atomic mass is 16.4. The van der Waals surface area contributed by atoms with Gasteiger partial charge in [0.15, 0.2) is 0 Å². The first kappa shape index (κ1) is 13.2. The summed E-state index contributed by atoms with van der Waals surface area (Å²) in [5.74, 6) is -0.839. The monoisotopic (exact) mass is 230 g/mol. The van der Waals surface area contributed by atoms with Crippen molar-refractivity contribution in [3.8, 4) is 0 Å². The molecule has 0 saturated heterocycles. The van der Waals surface area contributed by atoms with Gasteiger partial charge in [0.1, 0.15) is 0 Å². The molecule has 1 rings (SSSR count). The number of hydrogen-bond acceptors (Lipinski definition) is 1. The van der Waals surface area contributed by atoms with Crippen molar-refractivity contribution in [1.29, 1.82) is 0 Å². The molecule has 0 aliphatic heterocycles. The lowest BCUT2D eigenvalue weighted by Gasteiger charge is -2.21. The van der Waals surface area contributed by atoms with E-state index in [9.17, 15) is 9.90 Å². The van der Waals surface area contributed by atoms with Gasteiger partial charge in [0.25, 0.3) is 0 Å². The summed E-state index contributed by atoms with van der Waals surface area (Å²) >= 11 is 0. The molecule has 0 aliphatic rings. The largest absolute Gasteiger partial charge is 0.481 e. The average Bonchev–Trinajstić information content (AvgIpc) is 2.26. The number of carbonyl (C=O) groups is 1. The maximum Gasteiger partial charge on any atom is 0.313 e. The summed E-state index contributed by atoms with van der Waals surface area (Å²) in [5.41, 5.74) is -0.154. The summed E-state index contributed by atoms with van der Waals surface area (Å²) in [5, 5.41) is 11.0. The van der Waals surface area contributed by atoms with Gasteiger partial charge < -0.3 is 5.11 Å². The molecule has 0 unspecified atom stereocenters. The highest BCUT2D eigenvalue weighted by Crippen LogP contribution is 2.27. The Balaban J connectivity index is 3.71. The van der Waals surface area contributed by atoms with E-state index < -0.39 is 11.4 Å². The molecule has 0 spiro atoms. The van der Waals surface area contributed by atoms with Gasteiger partial charge in [-0.1, -0.05) is 43.0 Å². The molecule has 0 bridgehead atoms. The first-order valence-corrected chi connectivity index (χ1v) is 5.56. The molecule has 0 amide bonds. The predicted molar refractivity (Wildman–Crippen MR) is 70.9 cm³/mol. The van der Waals surface area contributed by atoms with Crippen molar-refractivity contribution in [3.05, 3.63) is 46.9 Å². The Morgan fingerprint density at radius 2 is 1.94 bits per heavy atom. The third-order valence-corrected chi connectivity index (χ3v) is 2.85. The van der Waals surface area contributed by atoms with Crippen LogP contribution in [0.5, 0.6) is 0 Å². The Bertz CT molecular complexity index is 551. The van der Waals surface area contributed by atoms with Gasteiger partial charge in [-0.25, -0.2) is 0 Å². The van der Waals surface area contributed by atoms with Gasteiger partial charge >= 0.3 is 5.97 Å². The molecule has 0 radical (unpaired) electrons. The molecule has 2 nitrogen and oxygen atoms in total. The van der Waals surface area contributed by atoms with Crippen LogP contribution in [0.1, 0.15) is 20.8 Å². The zero-order chi connectivity index (χ0) is 13.1. The zero-order valence-electron chi connectivity index (χ0n) is 10.5. The van der Waals surface area contributed by atoms with Crippen molar-refractivity contribution in [2.45, 2.75) is 20.8 Å². The van der Waals surface area contributed by atoms with Crippen molar-refractivity contribution in [2.75, 3.05) is 0 Å². The van der Waals surface area contributed by atoms with Crippen LogP contribution in [0.15, 0.2) is 36.4 Å². The Hall–Kier alpha value is -1.83. The normalized spacial score (nSPS) is 13.8. The molecule has 0 aliphatic carbocycles. The molecule has 1 N–H and O–H groups in total. The van der Waals surface area contributed by atoms with Gasteiger partial charge in [-0.3, -0.25) is 4.79 Å². The second kappa shape index (κ2) is 5.00. The summed E-state index contributed by atoms with van der Waals surface area (Å²) < 4.78 is 0. The lowest BCUT2D eigenvalue weighted by molar-refractivity contribution is -0.143. The minimum atomic E-state index is -0.930. The van der Waals surface area contributed by atoms with Crippen LogP contribution in [-0.4, -0.2) is 11.1 Å². The second-order valence-electron chi connectivity index (χ2n) is 4.50. The van der Waals surface area contributed by atoms with Crippen LogP contribution >= 0.6 is 0 Å². The van der Waals surface area contributed by atoms with Crippen LogP contribution in [0.3, 0.4) is 0 Å². The molecule has 2 heteroatoms. The van der Waals surface area contributed by atoms with Crippen molar-refractivity contribution >= 4 is 18.1 Å². The highest BCUT2D eigenvalue weighted by Gasteiger charge is 2.30. The molecule has 17 heavy (non-hydrogen) atoms. The summed E-state index contributed by atoms with van der Waals surface area (Å²) in [6.07, 6.45) is 3.70. The highest BCUT2D eigenvalue weighted by molar-refractivity contribution is 5.88. The Labute approximate surface area is 102 Å². The fourth-order valence-corrected chi connectivity index (χ4v) is 1.70. The van der Waals surface area contributed by atoms with Crippen molar-refractivity contribution in [3.63, 3.8) is 0 Å². The van der Waals surface area contributed by atoms with Gasteiger partial charge in [-0.05, 0) is 36.8 Å². The Morgan fingerprint density at radius 3 is 2.41 bits per heavy atom. The molecule has 1 aromatic rings. The number of rotatable bonds is 3. The third-order valence-electron chi connectivity index (χ3n) is 2.85. The number of carboxylic acid groups (broad SMARTS) is 1. The van der Waals surface area contributed by atoms with E-state index in [2.05, 4.69) is 6.58 Å². The maximum atomic E-state index is 11.3. The lowest BCUT2D eigenvalue weighted by atomic mass is 9.82. The summed E-state index contributed by atoms with van der Waals surface area (Å²) in [6, 6.07) is 7.58. The molecule has 0 heterocycles. The lowest BCUT2D eigenvalue weighted by Crippen LogP contribution is -2.34. The number of aliphatic carboxylic acids is 1. The molecule has 1 aromatic carbocycles. The van der Waals surface area contributed by atoms with Crippen LogP contribution in [0.2, 0.25) is 0 Å². The van der Waals surface area contributed by atoms with Crippen LogP contribution in [0.25, 0.3) is 12.2 Å². The molecule has 90 valence electrons. The summed E-state index contributed by atoms with van der Waals surface area (Å²) in [6.45, 7) is 9.24. The fourth-order valence-electron chi connectivity index (χ4n) is 1.70. The van der Waals surface area contributed by atoms with E-state index in [4.69, 9.17) is 0 Å². The summed E-state index contributed by atoms with van der Waals surface area (Å²) in [7, 11) is 0. The number of benzene rings is 1. The van der Waals surface area contributed by atoms with Crippen LogP contribution < -0.4 is 10.4 Å². The minimum absolute atomic E-state index is 0.776.